The molecule has 8 heteroatoms. The van der Waals surface area contributed by atoms with E-state index in [9.17, 15) is 4.79 Å². The predicted molar refractivity (Wildman–Crippen MR) is 169 cm³/mol. The highest BCUT2D eigenvalue weighted by Gasteiger charge is 2.79. The van der Waals surface area contributed by atoms with Gasteiger partial charge in [-0.2, -0.15) is 0 Å². The predicted octanol–water partition coefficient (Wildman–Crippen LogP) is 5.75. The van der Waals surface area contributed by atoms with Crippen LogP contribution >= 0.6 is 0 Å². The molecule has 4 heterocycles. The molecular weight excluding hydrogens is 541 g/mol. The fourth-order valence-corrected chi connectivity index (χ4v) is 13.0. The van der Waals surface area contributed by atoms with Crippen LogP contribution in [0.4, 0.5) is 4.79 Å². The quantitative estimate of drug-likeness (QED) is 0.427. The lowest BCUT2D eigenvalue weighted by molar-refractivity contribution is -0.0580. The molecule has 0 N–H and O–H groups in total. The van der Waals surface area contributed by atoms with Gasteiger partial charge in [-0.1, -0.05) is 81.4 Å². The highest BCUT2D eigenvalue weighted by atomic mass is 28.4. The second-order valence-corrected chi connectivity index (χ2v) is 18.8. The van der Waals surface area contributed by atoms with Crippen molar-refractivity contribution in [2.24, 2.45) is 11.8 Å². The van der Waals surface area contributed by atoms with Gasteiger partial charge in [0.25, 0.3) is 8.32 Å². The van der Waals surface area contributed by atoms with Crippen LogP contribution in [0.1, 0.15) is 81.2 Å². The van der Waals surface area contributed by atoms with Crippen LogP contribution in [-0.4, -0.2) is 55.4 Å². The summed E-state index contributed by atoms with van der Waals surface area (Å²) in [5.41, 5.74) is 0.329. The zero-order valence-corrected chi connectivity index (χ0v) is 27.9. The van der Waals surface area contributed by atoms with Gasteiger partial charge in [-0.15, -0.1) is 0 Å². The van der Waals surface area contributed by atoms with Gasteiger partial charge in [-0.3, -0.25) is 4.90 Å². The summed E-state index contributed by atoms with van der Waals surface area (Å²) in [6.07, 6.45) is 2.37. The molecule has 0 radical (unpaired) electrons. The van der Waals surface area contributed by atoms with Crippen LogP contribution in [-0.2, 0) is 23.5 Å². The van der Waals surface area contributed by atoms with Crippen molar-refractivity contribution >= 4 is 31.9 Å². The van der Waals surface area contributed by atoms with E-state index < -0.39 is 32.2 Å². The normalized spacial score (nSPS) is 32.8. The Bertz CT molecular complexity index is 1400. The minimum atomic E-state index is -2.52. The molecule has 6 nitrogen and oxygen atoms in total. The van der Waals surface area contributed by atoms with Gasteiger partial charge >= 0.3 is 13.2 Å². The number of benzene rings is 2. The Morgan fingerprint density at radius 2 is 1.57 bits per heavy atom. The number of ether oxygens (including phenoxy) is 1. The number of carbonyl (C=O) groups is 1. The third kappa shape index (κ3) is 4.05. The first-order valence-corrected chi connectivity index (χ1v) is 17.4. The summed E-state index contributed by atoms with van der Waals surface area (Å²) in [6, 6.07) is 19.2. The van der Waals surface area contributed by atoms with Crippen LogP contribution < -0.4 is 10.4 Å². The average molecular weight is 588 g/mol. The Morgan fingerprint density at radius 1 is 0.976 bits per heavy atom. The zero-order chi connectivity index (χ0) is 30.5. The SMILES string of the molecule is CC(C)C1CC=C(B2OC(C)(C)C(C)(C)O2)N(C(=O)OC(C)(C)C)C1C1O[Si]2(c3ccccc3)c3ccccc3C12C. The summed E-state index contributed by atoms with van der Waals surface area (Å²) < 4.78 is 26.6. The highest BCUT2D eigenvalue weighted by molar-refractivity contribution is 7.05. The Hall–Kier alpha value is -2.39. The Labute approximate surface area is 253 Å². The first-order chi connectivity index (χ1) is 19.6. The largest absolute Gasteiger partial charge is 0.512 e. The van der Waals surface area contributed by atoms with Crippen LogP contribution in [0.25, 0.3) is 0 Å². The summed E-state index contributed by atoms with van der Waals surface area (Å²) >= 11 is 0. The smallest absolute Gasteiger partial charge is 0.443 e. The molecular formula is C34H46BNO5Si. The zero-order valence-electron chi connectivity index (χ0n) is 26.9. The van der Waals surface area contributed by atoms with E-state index in [1.165, 1.54) is 15.9 Å². The van der Waals surface area contributed by atoms with Crippen molar-refractivity contribution in [3.05, 3.63) is 71.8 Å². The lowest BCUT2D eigenvalue weighted by atomic mass is 9.70. The van der Waals surface area contributed by atoms with Crippen molar-refractivity contribution < 1.29 is 23.3 Å². The van der Waals surface area contributed by atoms with Gasteiger partial charge in [0.15, 0.2) is 0 Å². The molecule has 0 aromatic heterocycles. The molecule has 0 bridgehead atoms. The van der Waals surface area contributed by atoms with Crippen LogP contribution in [0.3, 0.4) is 0 Å². The summed E-state index contributed by atoms with van der Waals surface area (Å²) in [7, 11) is -3.21. The summed E-state index contributed by atoms with van der Waals surface area (Å²) in [4.78, 5) is 16.2. The van der Waals surface area contributed by atoms with Crippen molar-refractivity contribution in [2.75, 3.05) is 0 Å². The van der Waals surface area contributed by atoms with E-state index >= 15 is 0 Å². The van der Waals surface area contributed by atoms with Crippen molar-refractivity contribution in [3.63, 3.8) is 0 Å². The van der Waals surface area contributed by atoms with E-state index in [1.807, 2.05) is 53.4 Å². The lowest BCUT2D eigenvalue weighted by Crippen LogP contribution is -2.95. The van der Waals surface area contributed by atoms with Crippen molar-refractivity contribution in [3.8, 4) is 0 Å². The van der Waals surface area contributed by atoms with E-state index in [1.54, 1.807) is 0 Å². The number of fused-ring (bicyclic) bond motifs is 4. The third-order valence-corrected chi connectivity index (χ3v) is 15.5. The molecule has 0 saturated carbocycles. The topological polar surface area (TPSA) is 57.2 Å². The molecule has 0 aliphatic carbocycles. The molecule has 42 heavy (non-hydrogen) atoms. The number of carbonyl (C=O) groups excluding carboxylic acids is 1. The molecule has 5 unspecified atom stereocenters. The molecule has 4 aliphatic rings. The fourth-order valence-electron chi connectivity index (χ4n) is 7.64. The van der Waals surface area contributed by atoms with Gasteiger partial charge in [-0.25, -0.2) is 4.79 Å². The molecule has 5 atom stereocenters. The summed E-state index contributed by atoms with van der Waals surface area (Å²) in [6.45, 7) is 20.8. The highest BCUT2D eigenvalue weighted by Crippen LogP contribution is 2.59. The minimum absolute atomic E-state index is 0.168. The lowest BCUT2D eigenvalue weighted by Gasteiger charge is -2.72. The first-order valence-electron chi connectivity index (χ1n) is 15.5. The second kappa shape index (κ2) is 9.55. The standard InChI is InChI=1S/C34H46BNO5Si/c1-22(2)24-20-21-27(35-40-32(6,7)33(8,9)41-35)36(30(37)38-31(3,4)5)28(24)29-34(10)25-18-14-15-19-26(25)42(34,39-29)23-16-12-11-13-17-23/h11-19,21-22,24,28-29H,20H2,1-10H3. The van der Waals surface area contributed by atoms with Crippen molar-refractivity contribution in [2.45, 2.75) is 110 Å². The van der Waals surface area contributed by atoms with Gasteiger partial charge in [0.1, 0.15) is 5.60 Å². The van der Waals surface area contributed by atoms with E-state index in [0.29, 0.717) is 5.92 Å². The average Bonchev–Trinajstić information content (AvgIpc) is 3.13. The second-order valence-electron chi connectivity index (χ2n) is 15.0. The maximum Gasteiger partial charge on any atom is 0.512 e. The van der Waals surface area contributed by atoms with Crippen molar-refractivity contribution in [1.29, 1.82) is 0 Å². The molecule has 2 aromatic carbocycles. The molecule has 224 valence electrons. The van der Waals surface area contributed by atoms with Crippen LogP contribution in [0, 0.1) is 11.8 Å². The number of hydrogen-bond acceptors (Lipinski definition) is 5. The number of nitrogens with zero attached hydrogens (tertiary/aromatic N) is 1. The van der Waals surface area contributed by atoms with E-state index in [0.717, 1.165) is 12.0 Å². The van der Waals surface area contributed by atoms with Gasteiger partial charge in [-0.05, 0) is 82.7 Å². The number of allylic oxidation sites excluding steroid dienone is 1. The molecule has 2 aromatic rings. The molecule has 6 rings (SSSR count). The Kier molecular flexibility index (Phi) is 6.75. The monoisotopic (exact) mass is 587 g/mol. The van der Waals surface area contributed by atoms with Gasteiger partial charge in [0, 0.05) is 5.04 Å². The van der Waals surface area contributed by atoms with E-state index in [-0.39, 0.29) is 29.2 Å². The first kappa shape index (κ1) is 29.7. The molecule has 2 fully saturated rings. The van der Waals surface area contributed by atoms with Gasteiger partial charge in [0.2, 0.25) is 0 Å². The Morgan fingerprint density at radius 3 is 2.17 bits per heavy atom. The number of hydrogen-bond donors (Lipinski definition) is 0. The van der Waals surface area contributed by atoms with Gasteiger partial charge in [0.05, 0.1) is 28.9 Å². The van der Waals surface area contributed by atoms with E-state index in [4.69, 9.17) is 18.5 Å². The van der Waals surface area contributed by atoms with Crippen LogP contribution in [0.5, 0.6) is 0 Å². The number of rotatable bonds is 4. The summed E-state index contributed by atoms with van der Waals surface area (Å²) in [5, 5.41) is 2.42. The number of amides is 1. The molecule has 0 spiro atoms. The van der Waals surface area contributed by atoms with Gasteiger partial charge < -0.3 is 18.5 Å². The molecule has 1 amide bonds. The molecule has 2 saturated heterocycles. The van der Waals surface area contributed by atoms with Crippen molar-refractivity contribution in [1.82, 2.24) is 4.90 Å². The van der Waals surface area contributed by atoms with Crippen LogP contribution in [0.15, 0.2) is 66.3 Å². The third-order valence-electron chi connectivity index (χ3n) is 10.5. The maximum atomic E-state index is 14.3. The van der Waals surface area contributed by atoms with Crippen LogP contribution in [0.2, 0.25) is 0 Å². The fraction of sp³-hybridized carbons (Fsp3) is 0.559. The minimum Gasteiger partial charge on any atom is -0.443 e. The summed E-state index contributed by atoms with van der Waals surface area (Å²) in [5.74, 6) is 0.480. The Balaban J connectivity index is 1.48. The maximum absolute atomic E-state index is 14.3. The van der Waals surface area contributed by atoms with E-state index in [2.05, 4.69) is 81.4 Å². The molecule has 4 aliphatic heterocycles.